The molecule has 8 heteroatoms. The zero-order valence-electron chi connectivity index (χ0n) is 14.8. The van der Waals surface area contributed by atoms with Crippen LogP contribution in [0.1, 0.15) is 5.56 Å². The Bertz CT molecular complexity index is 984. The van der Waals surface area contributed by atoms with Crippen molar-refractivity contribution in [3.63, 3.8) is 0 Å². The zero-order valence-corrected chi connectivity index (χ0v) is 16.4. The highest BCUT2D eigenvalue weighted by Gasteiger charge is 2.40. The van der Waals surface area contributed by atoms with Gasteiger partial charge in [0.25, 0.3) is 5.91 Å². The molecule has 28 heavy (non-hydrogen) atoms. The van der Waals surface area contributed by atoms with Crippen molar-refractivity contribution in [1.82, 2.24) is 5.32 Å². The monoisotopic (exact) mass is 415 g/mol. The topological polar surface area (TPSA) is 73.2 Å². The summed E-state index contributed by atoms with van der Waals surface area (Å²) in [4.78, 5) is 26.6. The summed E-state index contributed by atoms with van der Waals surface area (Å²) in [6.07, 6.45) is 0.397. The second kappa shape index (κ2) is 8.46. The van der Waals surface area contributed by atoms with Gasteiger partial charge in [0.2, 0.25) is 5.91 Å². The summed E-state index contributed by atoms with van der Waals surface area (Å²) in [7, 11) is 1.41. The number of carbonyl (C=O) groups is 2. The van der Waals surface area contributed by atoms with E-state index in [9.17, 15) is 19.2 Å². The first kappa shape index (κ1) is 19.9. The van der Waals surface area contributed by atoms with Crippen molar-refractivity contribution in [1.29, 1.82) is 5.26 Å². The molecule has 0 aliphatic carbocycles. The molecule has 1 heterocycles. The van der Waals surface area contributed by atoms with Gasteiger partial charge in [-0.2, -0.15) is 5.26 Å². The summed E-state index contributed by atoms with van der Waals surface area (Å²) >= 11 is 7.06. The lowest BCUT2D eigenvalue weighted by atomic mass is 10.1. The molecule has 3 rings (SSSR count). The summed E-state index contributed by atoms with van der Waals surface area (Å²) in [5.74, 6) is -1.31. The first-order chi connectivity index (χ1) is 13.4. The maximum absolute atomic E-state index is 13.3. The molecule has 0 aromatic heterocycles. The Hall–Kier alpha value is -2.82. The quantitative estimate of drug-likeness (QED) is 0.611. The number of hydrogen-bond acceptors (Lipinski definition) is 4. The molecule has 0 spiro atoms. The summed E-state index contributed by atoms with van der Waals surface area (Å²) in [6.45, 7) is 0. The first-order valence-electron chi connectivity index (χ1n) is 8.31. The van der Waals surface area contributed by atoms with E-state index in [1.165, 1.54) is 36.2 Å². The van der Waals surface area contributed by atoms with Crippen LogP contribution in [0, 0.1) is 17.1 Å². The number of thioether (sulfide) groups is 1. The van der Waals surface area contributed by atoms with Crippen molar-refractivity contribution >= 4 is 40.9 Å². The minimum Gasteiger partial charge on any atom is -0.354 e. The molecule has 1 fully saturated rings. The van der Waals surface area contributed by atoms with Crippen LogP contribution in [-0.4, -0.2) is 24.1 Å². The Morgan fingerprint density at radius 1 is 1.25 bits per heavy atom. The number of hydrogen-bond donors (Lipinski definition) is 1. The number of nitrogens with one attached hydrogen (secondary N) is 1. The molecule has 2 amide bonds. The minimum atomic E-state index is -0.586. The van der Waals surface area contributed by atoms with E-state index in [1.807, 2.05) is 18.2 Å². The van der Waals surface area contributed by atoms with Crippen LogP contribution in [-0.2, 0) is 16.0 Å². The van der Waals surface area contributed by atoms with Crippen LogP contribution in [0.25, 0.3) is 0 Å². The van der Waals surface area contributed by atoms with Gasteiger partial charge in [0.15, 0.2) is 0 Å². The number of anilines is 1. The molecule has 1 N–H and O–H groups in total. The Balaban J connectivity index is 2.03. The fraction of sp³-hybridized carbons (Fsp3) is 0.150. The highest BCUT2D eigenvalue weighted by molar-refractivity contribution is 8.05. The SMILES string of the molecule is CNC(=O)/C(C#N)=C1\S[C@@H](Cc2ccc(Cl)cc2)C(=O)N1c1ccc(F)cc1. The predicted molar refractivity (Wildman–Crippen MR) is 107 cm³/mol. The largest absolute Gasteiger partial charge is 0.354 e. The van der Waals surface area contributed by atoms with Gasteiger partial charge in [-0.15, -0.1) is 0 Å². The lowest BCUT2D eigenvalue weighted by Gasteiger charge is -2.18. The number of likely N-dealkylation sites (N-methyl/N-ethyl adjacent to an activating group) is 1. The van der Waals surface area contributed by atoms with Crippen molar-refractivity contribution in [2.24, 2.45) is 0 Å². The number of nitrogens with zero attached hydrogens (tertiary/aromatic N) is 2. The van der Waals surface area contributed by atoms with Crippen LogP contribution in [0.5, 0.6) is 0 Å². The lowest BCUT2D eigenvalue weighted by Crippen LogP contribution is -2.31. The van der Waals surface area contributed by atoms with Crippen LogP contribution in [0.3, 0.4) is 0 Å². The van der Waals surface area contributed by atoms with Crippen molar-refractivity contribution in [3.05, 3.63) is 75.5 Å². The molecule has 1 saturated heterocycles. The predicted octanol–water partition coefficient (Wildman–Crippen LogP) is 3.65. The molecule has 0 saturated carbocycles. The van der Waals surface area contributed by atoms with Gasteiger partial charge in [-0.25, -0.2) is 4.39 Å². The Labute approximate surface area is 170 Å². The van der Waals surface area contributed by atoms with Gasteiger partial charge < -0.3 is 5.32 Å². The van der Waals surface area contributed by atoms with Gasteiger partial charge in [0, 0.05) is 17.8 Å². The fourth-order valence-electron chi connectivity index (χ4n) is 2.77. The summed E-state index contributed by atoms with van der Waals surface area (Å²) in [6, 6.07) is 14.3. The van der Waals surface area contributed by atoms with Crippen LogP contribution in [0.2, 0.25) is 5.02 Å². The third-order valence-corrected chi connectivity index (χ3v) is 5.67. The number of amides is 2. The lowest BCUT2D eigenvalue weighted by molar-refractivity contribution is -0.117. The minimum absolute atomic E-state index is 0.163. The van der Waals surface area contributed by atoms with Crippen molar-refractivity contribution in [2.75, 3.05) is 11.9 Å². The number of halogens is 2. The highest BCUT2D eigenvalue weighted by Crippen LogP contribution is 2.41. The average molecular weight is 416 g/mol. The van der Waals surface area contributed by atoms with Gasteiger partial charge >= 0.3 is 0 Å². The fourth-order valence-corrected chi connectivity index (χ4v) is 4.21. The standard InChI is InChI=1S/C20H15ClFN3O2S/c1-24-18(26)16(11-23)20-25(15-8-6-14(22)7-9-15)19(27)17(28-20)10-12-2-4-13(21)5-3-12/h2-9,17H,10H2,1H3,(H,24,26)/b20-16-/t17-/m0/s1. The molecular weight excluding hydrogens is 401 g/mol. The number of carbonyl (C=O) groups excluding carboxylic acids is 2. The maximum atomic E-state index is 13.3. The molecule has 2 aromatic carbocycles. The summed E-state index contributed by atoms with van der Waals surface area (Å²) in [5, 5.41) is 12.2. The third-order valence-electron chi connectivity index (χ3n) is 4.15. The van der Waals surface area contributed by atoms with E-state index in [4.69, 9.17) is 11.6 Å². The molecule has 142 valence electrons. The molecular formula is C20H15ClFN3O2S. The molecule has 5 nitrogen and oxygen atoms in total. The van der Waals surface area contributed by atoms with Gasteiger partial charge in [0.1, 0.15) is 22.5 Å². The van der Waals surface area contributed by atoms with Crippen LogP contribution in [0.15, 0.2) is 59.1 Å². The normalized spacial score (nSPS) is 18.0. The van der Waals surface area contributed by atoms with E-state index in [2.05, 4.69) is 5.32 Å². The summed E-state index contributed by atoms with van der Waals surface area (Å²) < 4.78 is 13.3. The van der Waals surface area contributed by atoms with E-state index < -0.39 is 17.0 Å². The van der Waals surface area contributed by atoms with E-state index in [-0.39, 0.29) is 16.5 Å². The van der Waals surface area contributed by atoms with Crippen LogP contribution in [0.4, 0.5) is 10.1 Å². The van der Waals surface area contributed by atoms with Crippen LogP contribution < -0.4 is 10.2 Å². The summed E-state index contributed by atoms with van der Waals surface area (Å²) in [5.41, 5.74) is 1.13. The van der Waals surface area contributed by atoms with Crippen molar-refractivity contribution < 1.29 is 14.0 Å². The molecule has 0 unspecified atom stereocenters. The van der Waals surface area contributed by atoms with E-state index in [0.717, 1.165) is 17.3 Å². The number of benzene rings is 2. The molecule has 0 radical (unpaired) electrons. The van der Waals surface area contributed by atoms with Crippen molar-refractivity contribution in [3.8, 4) is 6.07 Å². The maximum Gasteiger partial charge on any atom is 0.264 e. The van der Waals surface area contributed by atoms with Gasteiger partial charge in [0.05, 0.1) is 5.25 Å². The van der Waals surface area contributed by atoms with Crippen LogP contribution >= 0.6 is 23.4 Å². The second-order valence-corrected chi connectivity index (χ2v) is 7.59. The number of nitriles is 1. The van der Waals surface area contributed by atoms with Gasteiger partial charge in [-0.1, -0.05) is 35.5 Å². The van der Waals surface area contributed by atoms with Crippen molar-refractivity contribution in [2.45, 2.75) is 11.7 Å². The highest BCUT2D eigenvalue weighted by atomic mass is 35.5. The molecule has 1 atom stereocenters. The second-order valence-electron chi connectivity index (χ2n) is 5.96. The third kappa shape index (κ3) is 4.03. The molecule has 1 aliphatic rings. The van der Waals surface area contributed by atoms with E-state index in [1.54, 1.807) is 12.1 Å². The Morgan fingerprint density at radius 3 is 2.46 bits per heavy atom. The molecule has 0 bridgehead atoms. The average Bonchev–Trinajstić information content (AvgIpc) is 3.00. The number of rotatable bonds is 4. The smallest absolute Gasteiger partial charge is 0.264 e. The van der Waals surface area contributed by atoms with Gasteiger partial charge in [-0.05, 0) is 48.4 Å². The Kier molecular flexibility index (Phi) is 6.02. The van der Waals surface area contributed by atoms with E-state index in [0.29, 0.717) is 17.1 Å². The first-order valence-corrected chi connectivity index (χ1v) is 9.57. The Morgan fingerprint density at radius 2 is 1.89 bits per heavy atom. The van der Waals surface area contributed by atoms with E-state index >= 15 is 0 Å². The molecule has 2 aromatic rings. The molecule has 1 aliphatic heterocycles. The zero-order chi connectivity index (χ0) is 20.3. The van der Waals surface area contributed by atoms with Gasteiger partial charge in [-0.3, -0.25) is 14.5 Å².